The van der Waals surface area contributed by atoms with Gasteiger partial charge in [0, 0.05) is 73.5 Å². The average Bonchev–Trinajstić information content (AvgIpc) is 4.01. The number of halogens is 7. The van der Waals surface area contributed by atoms with Crippen LogP contribution in [0.15, 0.2) is 61.1 Å². The highest BCUT2D eigenvalue weighted by Gasteiger charge is 2.56. The molecule has 3 aliphatic heterocycles. The normalized spacial score (nSPS) is 18.4. The number of aromatic nitrogens is 4. The molecule has 5 N–H and O–H groups in total. The number of piperazine rings is 1. The molecule has 4 amide bonds. The molecule has 2 aromatic heterocycles. The van der Waals surface area contributed by atoms with Crippen LogP contribution in [-0.4, -0.2) is 161 Å². The quantitative estimate of drug-likeness (QED) is 0.0455. The van der Waals surface area contributed by atoms with Crippen LogP contribution in [0.4, 0.5) is 46.3 Å². The third-order valence-electron chi connectivity index (χ3n) is 14.2. The van der Waals surface area contributed by atoms with Crippen LogP contribution in [0.2, 0.25) is 0 Å². The van der Waals surface area contributed by atoms with E-state index in [-0.39, 0.29) is 17.7 Å². The van der Waals surface area contributed by atoms with Gasteiger partial charge in [0.25, 0.3) is 12.3 Å². The summed E-state index contributed by atoms with van der Waals surface area (Å²) in [7, 11) is 1.93. The Labute approximate surface area is 451 Å². The number of fused-ring (bicyclic) bond motifs is 2. The molecule has 2 bridgehead atoms. The summed E-state index contributed by atoms with van der Waals surface area (Å²) in [5.41, 5.74) is -0.954. The zero-order valence-corrected chi connectivity index (χ0v) is 44.5. The number of anilines is 1. The Morgan fingerprint density at radius 1 is 0.823 bits per heavy atom. The number of ether oxygens (including phenoxy) is 3. The number of hydrogen-bond acceptors (Lipinski definition) is 14. The van der Waals surface area contributed by atoms with Crippen molar-refractivity contribution in [3.05, 3.63) is 94.9 Å². The highest BCUT2D eigenvalue weighted by molar-refractivity contribution is 5.87. The van der Waals surface area contributed by atoms with Crippen LogP contribution >= 0.6 is 0 Å². The number of hydrogen-bond donors (Lipinski definition) is 5. The average molecular weight is 1120 g/mol. The molecule has 0 aliphatic carbocycles. The molecule has 26 heteroatoms. The highest BCUT2D eigenvalue weighted by atomic mass is 19.4. The van der Waals surface area contributed by atoms with Crippen LogP contribution in [0, 0.1) is 34.3 Å². The number of carbonyl (C=O) groups excluding carboxylic acids is 4. The fraction of sp³-hybridized carbons (Fsp3) is 0.528. The second-order valence-electron chi connectivity index (χ2n) is 21.3. The van der Waals surface area contributed by atoms with Gasteiger partial charge in [-0.1, -0.05) is 44.7 Å². The smallest absolute Gasteiger partial charge is 0.407 e. The number of amides is 4. The van der Waals surface area contributed by atoms with E-state index in [1.165, 1.54) is 12.3 Å². The lowest BCUT2D eigenvalue weighted by Gasteiger charge is -2.47. The summed E-state index contributed by atoms with van der Waals surface area (Å²) in [6, 6.07) is 5.35. The maximum absolute atomic E-state index is 16.1. The zero-order valence-electron chi connectivity index (χ0n) is 44.5. The molecule has 7 rings (SSSR count). The molecular formula is C53H64F7N11O8. The van der Waals surface area contributed by atoms with Crippen molar-refractivity contribution >= 4 is 29.9 Å². The van der Waals surface area contributed by atoms with E-state index >= 15 is 8.78 Å². The molecule has 0 radical (unpaired) electrons. The Kier molecular flexibility index (Phi) is 18.8. The number of alkyl halides is 5. The number of methoxy groups -OCH3 is 2. The minimum atomic E-state index is -5.09. The number of carbonyl (C=O) groups is 4. The second kappa shape index (κ2) is 24.9. The number of nitrogens with zero attached hydrogens (tertiary/aromatic N) is 7. The predicted molar refractivity (Wildman–Crippen MR) is 272 cm³/mol. The minimum absolute atomic E-state index is 0.0499. The van der Waals surface area contributed by atoms with Crippen LogP contribution in [0.1, 0.15) is 69.7 Å². The third-order valence-corrected chi connectivity index (χ3v) is 14.2. The van der Waals surface area contributed by atoms with E-state index < -0.39 is 108 Å². The molecule has 3 aliphatic rings. The van der Waals surface area contributed by atoms with Crippen LogP contribution in [0.3, 0.4) is 0 Å². The summed E-state index contributed by atoms with van der Waals surface area (Å²) in [4.78, 5) is 67.0. The van der Waals surface area contributed by atoms with Crippen LogP contribution < -0.4 is 26.3 Å². The lowest BCUT2D eigenvalue weighted by molar-refractivity contribution is -0.220. The van der Waals surface area contributed by atoms with Gasteiger partial charge in [0.15, 0.2) is 0 Å². The first-order chi connectivity index (χ1) is 37.2. The molecule has 4 aromatic rings. The molecule has 3 fully saturated rings. The lowest BCUT2D eigenvalue weighted by Crippen LogP contribution is -2.63. The number of nitrogens with one attached hydrogen (secondary N) is 4. The van der Waals surface area contributed by atoms with Gasteiger partial charge < -0.3 is 40.2 Å². The van der Waals surface area contributed by atoms with Gasteiger partial charge in [0.1, 0.15) is 30.3 Å². The molecule has 428 valence electrons. The Hall–Kier alpha value is -7.08. The zero-order chi connectivity index (χ0) is 57.6. The van der Waals surface area contributed by atoms with Crippen molar-refractivity contribution in [3.63, 3.8) is 0 Å². The summed E-state index contributed by atoms with van der Waals surface area (Å²) < 4.78 is 118. The number of rotatable bonds is 19. The number of hydrazine groups is 1. The molecule has 3 saturated heterocycles. The van der Waals surface area contributed by atoms with Gasteiger partial charge in [-0.15, -0.1) is 0 Å². The van der Waals surface area contributed by atoms with E-state index in [0.29, 0.717) is 54.6 Å². The van der Waals surface area contributed by atoms with Gasteiger partial charge >= 0.3 is 18.4 Å². The van der Waals surface area contributed by atoms with Crippen molar-refractivity contribution in [2.75, 3.05) is 52.0 Å². The Morgan fingerprint density at radius 3 is 1.94 bits per heavy atom. The number of alkyl carbamates (subject to hydrolysis) is 2. The SMILES string of the molecule is COC(=O)NC(C(=O)N[C@@H](Cc1ccc(C#Cc2cnc(N3CC4CCC(C3)N4C3COC3)nc2)cc1)[C@@H](O)CN(Cc1c(F)cc(-c2ccn(CC(F)F)n2)cc1F)NC(=O)[C@@H](NC(=O)OC)C(C)(C)C)C(C)(C)C(F)(F)F. The standard InChI is InChI=1S/C53H64F7N11O8/c1-51(2,3)44(64-49(75)77-6)47(74)67-70(25-37-38(54)19-33(20-39(37)55)40-16-17-69(66-40)27-43(56)57)26-42(72)41(63-46(73)45(65-50(76)78-7)52(4,5)53(58,59)60)18-31-11-8-30(9-12-31)10-13-32-21-61-48(62-22-32)68-23-34-14-15-35(24-68)71(34)36-28-79-29-36/h8-9,11-12,16-17,19-22,34-36,41-45,72H,14-15,18,23-29H2,1-7H3,(H,63,73)(H,64,75)(H,65,76)(H,67,74)/t34?,35?,41-,42-,44+,45?/m0/s1. The largest absolute Gasteiger partial charge is 0.453 e. The van der Waals surface area contributed by atoms with E-state index in [4.69, 9.17) is 9.47 Å². The van der Waals surface area contributed by atoms with Crippen LogP contribution in [0.25, 0.3) is 11.3 Å². The second-order valence-corrected chi connectivity index (χ2v) is 21.3. The van der Waals surface area contributed by atoms with Crippen LogP contribution in [-0.2, 0) is 43.3 Å². The van der Waals surface area contributed by atoms with Crippen molar-refractivity contribution < 1.29 is 69.2 Å². The van der Waals surface area contributed by atoms with Gasteiger partial charge in [-0.2, -0.15) is 18.3 Å². The van der Waals surface area contributed by atoms with Crippen molar-refractivity contribution in [1.29, 1.82) is 0 Å². The van der Waals surface area contributed by atoms with Crippen molar-refractivity contribution in [3.8, 4) is 23.1 Å². The lowest BCUT2D eigenvalue weighted by atomic mass is 9.82. The maximum atomic E-state index is 16.1. The fourth-order valence-electron chi connectivity index (χ4n) is 9.65. The molecule has 6 atom stereocenters. The minimum Gasteiger partial charge on any atom is -0.453 e. The predicted octanol–water partition coefficient (Wildman–Crippen LogP) is 5.34. The molecule has 2 aromatic carbocycles. The Morgan fingerprint density at radius 2 is 1.41 bits per heavy atom. The number of aliphatic hydroxyl groups excluding tert-OH is 1. The van der Waals surface area contributed by atoms with E-state index in [9.17, 15) is 46.2 Å². The summed E-state index contributed by atoms with van der Waals surface area (Å²) in [6.45, 7) is 6.78. The van der Waals surface area contributed by atoms with E-state index in [1.807, 2.05) is 5.32 Å². The molecule has 79 heavy (non-hydrogen) atoms. The topological polar surface area (TPSA) is 218 Å². The third kappa shape index (κ3) is 14.8. The number of aliphatic hydroxyl groups is 1. The van der Waals surface area contributed by atoms with Crippen molar-refractivity contribution in [2.45, 2.75) is 122 Å². The van der Waals surface area contributed by atoms with Crippen LogP contribution in [0.5, 0.6) is 0 Å². The number of benzene rings is 2. The van der Waals surface area contributed by atoms with Gasteiger partial charge in [-0.05, 0) is 74.4 Å². The van der Waals surface area contributed by atoms with Crippen molar-refractivity contribution in [1.82, 2.24) is 51.0 Å². The molecule has 0 spiro atoms. The first-order valence-corrected chi connectivity index (χ1v) is 25.4. The van der Waals surface area contributed by atoms with Gasteiger partial charge in [0.05, 0.1) is 62.3 Å². The van der Waals surface area contributed by atoms with Gasteiger partial charge in [0.2, 0.25) is 11.9 Å². The maximum Gasteiger partial charge on any atom is 0.407 e. The van der Waals surface area contributed by atoms with Gasteiger partial charge in [-0.25, -0.2) is 42.1 Å². The molecule has 19 nitrogen and oxygen atoms in total. The molecule has 3 unspecified atom stereocenters. The Balaban J connectivity index is 1.16. The van der Waals surface area contributed by atoms with Gasteiger partial charge in [-0.3, -0.25) is 24.6 Å². The highest BCUT2D eigenvalue weighted by Crippen LogP contribution is 2.41. The van der Waals surface area contributed by atoms with Crippen molar-refractivity contribution in [2.24, 2.45) is 10.8 Å². The fourth-order valence-corrected chi connectivity index (χ4v) is 9.65. The van der Waals surface area contributed by atoms with E-state index in [2.05, 4.69) is 57.5 Å². The molecular weight excluding hydrogens is 1050 g/mol. The van der Waals surface area contributed by atoms with E-state index in [0.717, 1.165) is 75.2 Å². The first-order valence-electron chi connectivity index (χ1n) is 25.4. The summed E-state index contributed by atoms with van der Waals surface area (Å²) in [6.07, 6.45) is -5.82. The summed E-state index contributed by atoms with van der Waals surface area (Å²) in [5, 5.41) is 23.7. The Bertz CT molecular complexity index is 2820. The molecule has 0 saturated carbocycles. The first kappa shape index (κ1) is 59.6. The van der Waals surface area contributed by atoms with E-state index in [1.54, 1.807) is 57.4 Å². The molecule has 5 heterocycles. The summed E-state index contributed by atoms with van der Waals surface area (Å²) >= 11 is 0. The monoisotopic (exact) mass is 1120 g/mol. The summed E-state index contributed by atoms with van der Waals surface area (Å²) in [5.74, 6) is 1.89.